The summed E-state index contributed by atoms with van der Waals surface area (Å²) in [6.45, 7) is 3.52. The fourth-order valence-corrected chi connectivity index (χ4v) is 4.04. The maximum Gasteiger partial charge on any atom is 0.407 e. The van der Waals surface area contributed by atoms with E-state index in [9.17, 15) is 18.0 Å². The molecule has 29 heavy (non-hydrogen) atoms. The number of sulfonamides is 1. The second-order valence-electron chi connectivity index (χ2n) is 7.43. The molecule has 8 heteroatoms. The summed E-state index contributed by atoms with van der Waals surface area (Å²) in [7, 11) is -3.72. The maximum atomic E-state index is 12.3. The zero-order valence-corrected chi connectivity index (χ0v) is 17.3. The van der Waals surface area contributed by atoms with Gasteiger partial charge in [0.25, 0.3) is 5.91 Å². The first-order valence-electron chi connectivity index (χ1n) is 9.30. The van der Waals surface area contributed by atoms with Gasteiger partial charge in [-0.25, -0.2) is 13.2 Å². The molecular formula is C21H24N2O5S. The largest absolute Gasteiger partial charge is 0.449 e. The lowest BCUT2D eigenvalue weighted by Gasteiger charge is -2.21. The van der Waals surface area contributed by atoms with Crippen LogP contribution in [0.2, 0.25) is 0 Å². The molecule has 0 unspecified atom stereocenters. The monoisotopic (exact) mass is 416 g/mol. The number of benzene rings is 2. The molecular weight excluding hydrogens is 392 g/mol. The minimum absolute atomic E-state index is 0.101. The van der Waals surface area contributed by atoms with Crippen LogP contribution in [0.4, 0.5) is 4.79 Å². The Kier molecular flexibility index (Phi) is 5.93. The Hall–Kier alpha value is -2.87. The van der Waals surface area contributed by atoms with Crippen molar-refractivity contribution in [2.24, 2.45) is 5.92 Å². The van der Waals surface area contributed by atoms with Gasteiger partial charge in [0, 0.05) is 5.92 Å². The van der Waals surface area contributed by atoms with Crippen LogP contribution in [0, 0.1) is 5.92 Å². The minimum Gasteiger partial charge on any atom is -0.449 e. The minimum atomic E-state index is -3.72. The van der Waals surface area contributed by atoms with Gasteiger partial charge in [0.1, 0.15) is 12.6 Å². The molecule has 0 heterocycles. The van der Waals surface area contributed by atoms with Crippen LogP contribution in [0.5, 0.6) is 0 Å². The van der Waals surface area contributed by atoms with Crippen molar-refractivity contribution in [2.75, 3.05) is 12.9 Å². The second-order valence-corrected chi connectivity index (χ2v) is 9.18. The molecule has 0 radical (unpaired) electrons. The molecule has 1 aliphatic rings. The number of ether oxygens (including phenoxy) is 1. The molecule has 3 rings (SSSR count). The van der Waals surface area contributed by atoms with Crippen LogP contribution >= 0.6 is 0 Å². The van der Waals surface area contributed by atoms with Crippen molar-refractivity contribution in [1.82, 2.24) is 10.0 Å². The average Bonchev–Trinajstić information content (AvgIpc) is 2.96. The highest BCUT2D eigenvalue weighted by molar-refractivity contribution is 7.89. The summed E-state index contributed by atoms with van der Waals surface area (Å²) in [5, 5.41) is 2.47. The molecule has 0 saturated carbocycles. The topological polar surface area (TPSA) is 102 Å². The first-order valence-corrected chi connectivity index (χ1v) is 11.2. The van der Waals surface area contributed by atoms with Crippen LogP contribution in [0.15, 0.2) is 48.5 Å². The van der Waals surface area contributed by atoms with Crippen LogP contribution < -0.4 is 10.0 Å². The highest BCUT2D eigenvalue weighted by Crippen LogP contribution is 2.44. The molecule has 1 atom stereocenters. The lowest BCUT2D eigenvalue weighted by atomic mass is 9.98. The van der Waals surface area contributed by atoms with Crippen LogP contribution in [-0.2, 0) is 19.6 Å². The molecule has 0 spiro atoms. The van der Waals surface area contributed by atoms with E-state index in [4.69, 9.17) is 4.74 Å². The van der Waals surface area contributed by atoms with E-state index < -0.39 is 28.1 Å². The molecule has 0 aromatic heterocycles. The van der Waals surface area contributed by atoms with Gasteiger partial charge in [-0.3, -0.25) is 9.52 Å². The Balaban J connectivity index is 1.70. The summed E-state index contributed by atoms with van der Waals surface area (Å²) >= 11 is 0. The smallest absolute Gasteiger partial charge is 0.407 e. The van der Waals surface area contributed by atoms with Crippen LogP contribution in [0.25, 0.3) is 11.1 Å². The second kappa shape index (κ2) is 8.24. The highest BCUT2D eigenvalue weighted by atomic mass is 32.2. The third kappa shape index (κ3) is 4.76. The predicted molar refractivity (Wildman–Crippen MR) is 110 cm³/mol. The Bertz CT molecular complexity index is 987. The number of nitrogens with one attached hydrogen (secondary N) is 2. The molecule has 0 bridgehead atoms. The van der Waals surface area contributed by atoms with Gasteiger partial charge in [-0.05, 0) is 28.2 Å². The summed E-state index contributed by atoms with van der Waals surface area (Å²) in [4.78, 5) is 24.5. The van der Waals surface area contributed by atoms with Crippen LogP contribution in [0.3, 0.4) is 0 Å². The van der Waals surface area contributed by atoms with Gasteiger partial charge in [-0.1, -0.05) is 62.4 Å². The molecule has 2 N–H and O–H groups in total. The lowest BCUT2D eigenvalue weighted by Crippen LogP contribution is -2.51. The number of amides is 2. The van der Waals surface area contributed by atoms with Crippen molar-refractivity contribution >= 4 is 22.0 Å². The average molecular weight is 416 g/mol. The molecule has 154 valence electrons. The first kappa shape index (κ1) is 20.9. The SMILES string of the molecule is CC(C)[C@@H](NC(=O)OCC1c2ccccc2-c2ccccc21)C(=O)NS(C)(=O)=O. The highest BCUT2D eigenvalue weighted by Gasteiger charge is 2.30. The number of rotatable bonds is 6. The van der Waals surface area contributed by atoms with Gasteiger partial charge in [0.05, 0.1) is 6.26 Å². The van der Waals surface area contributed by atoms with Gasteiger partial charge in [-0.15, -0.1) is 0 Å². The standard InChI is InChI=1S/C21H24N2O5S/c1-13(2)19(20(24)23-29(3,26)27)22-21(25)28-12-18-16-10-6-4-8-14(16)15-9-5-7-11-17(15)18/h4-11,13,18-19H,12H2,1-3H3,(H,22,25)(H,23,24)/t19-/m1/s1. The lowest BCUT2D eigenvalue weighted by molar-refractivity contribution is -0.122. The van der Waals surface area contributed by atoms with Crippen molar-refractivity contribution < 1.29 is 22.7 Å². The van der Waals surface area contributed by atoms with E-state index in [1.807, 2.05) is 53.3 Å². The number of fused-ring (bicyclic) bond motifs is 3. The van der Waals surface area contributed by atoms with Gasteiger partial charge in [0.2, 0.25) is 10.0 Å². The van der Waals surface area contributed by atoms with Crippen molar-refractivity contribution in [1.29, 1.82) is 0 Å². The van der Waals surface area contributed by atoms with E-state index in [-0.39, 0.29) is 18.4 Å². The summed E-state index contributed by atoms with van der Waals surface area (Å²) in [5.41, 5.74) is 4.39. The first-order chi connectivity index (χ1) is 13.7. The van der Waals surface area contributed by atoms with E-state index >= 15 is 0 Å². The number of carbonyl (C=O) groups excluding carboxylic acids is 2. The van der Waals surface area contributed by atoms with Crippen LogP contribution in [-0.4, -0.2) is 39.3 Å². The molecule has 2 aromatic carbocycles. The Morgan fingerprint density at radius 3 is 2.00 bits per heavy atom. The Morgan fingerprint density at radius 2 is 1.52 bits per heavy atom. The van der Waals surface area contributed by atoms with E-state index in [2.05, 4.69) is 5.32 Å². The van der Waals surface area contributed by atoms with E-state index in [0.717, 1.165) is 28.5 Å². The Morgan fingerprint density at radius 1 is 1.00 bits per heavy atom. The summed E-state index contributed by atoms with van der Waals surface area (Å²) in [5.74, 6) is -1.22. The predicted octanol–water partition coefficient (Wildman–Crippen LogP) is 2.63. The molecule has 0 fully saturated rings. The molecule has 2 aromatic rings. The molecule has 1 aliphatic carbocycles. The van der Waals surface area contributed by atoms with E-state index in [0.29, 0.717) is 0 Å². The van der Waals surface area contributed by atoms with Crippen LogP contribution in [0.1, 0.15) is 30.9 Å². The van der Waals surface area contributed by atoms with E-state index in [1.165, 1.54) is 0 Å². The summed E-state index contributed by atoms with van der Waals surface area (Å²) < 4.78 is 29.9. The number of hydrogen-bond donors (Lipinski definition) is 2. The number of alkyl carbamates (subject to hydrolysis) is 1. The fraction of sp³-hybridized carbons (Fsp3) is 0.333. The van der Waals surface area contributed by atoms with Crippen molar-refractivity contribution in [3.05, 3.63) is 59.7 Å². The van der Waals surface area contributed by atoms with Crippen molar-refractivity contribution in [3.63, 3.8) is 0 Å². The third-order valence-corrected chi connectivity index (χ3v) is 5.42. The summed E-state index contributed by atoms with van der Waals surface area (Å²) in [6, 6.07) is 14.9. The fourth-order valence-electron chi connectivity index (χ4n) is 3.55. The van der Waals surface area contributed by atoms with Gasteiger partial charge >= 0.3 is 6.09 Å². The normalized spacial score (nSPS) is 14.1. The quantitative estimate of drug-likeness (QED) is 0.754. The molecule has 0 aliphatic heterocycles. The zero-order valence-electron chi connectivity index (χ0n) is 16.5. The summed E-state index contributed by atoms with van der Waals surface area (Å²) in [6.07, 6.45) is 0.115. The third-order valence-electron chi connectivity index (χ3n) is 4.85. The van der Waals surface area contributed by atoms with Crippen molar-refractivity contribution in [3.8, 4) is 11.1 Å². The molecule has 0 saturated heterocycles. The maximum absolute atomic E-state index is 12.3. The zero-order chi connectivity index (χ0) is 21.2. The molecule has 2 amide bonds. The van der Waals surface area contributed by atoms with Gasteiger partial charge in [-0.2, -0.15) is 0 Å². The number of hydrogen-bond acceptors (Lipinski definition) is 5. The Labute approximate surface area is 170 Å². The van der Waals surface area contributed by atoms with Gasteiger partial charge < -0.3 is 10.1 Å². The van der Waals surface area contributed by atoms with E-state index in [1.54, 1.807) is 13.8 Å². The van der Waals surface area contributed by atoms with Gasteiger partial charge in [0.15, 0.2) is 0 Å². The van der Waals surface area contributed by atoms with Crippen molar-refractivity contribution in [2.45, 2.75) is 25.8 Å². The number of carbonyl (C=O) groups is 2. The molecule has 7 nitrogen and oxygen atoms in total.